The Morgan fingerprint density at radius 1 is 1.11 bits per heavy atom. The standard InChI is InChI=1S/C15H32N2O/c1-13(2)18-8-6-5-7-17-11-14(3)9-16-10-15(4)12-17/h13-16H,5-12H2,1-4H3. The first-order valence-electron chi connectivity index (χ1n) is 7.62. The maximum atomic E-state index is 5.59. The molecule has 1 rings (SSSR count). The molecule has 0 aromatic heterocycles. The first-order valence-corrected chi connectivity index (χ1v) is 7.62. The van der Waals surface area contributed by atoms with Gasteiger partial charge in [0.2, 0.25) is 0 Å². The second kappa shape index (κ2) is 8.89. The van der Waals surface area contributed by atoms with Crippen molar-refractivity contribution in [3.05, 3.63) is 0 Å². The van der Waals surface area contributed by atoms with Crippen molar-refractivity contribution < 1.29 is 4.74 Å². The summed E-state index contributed by atoms with van der Waals surface area (Å²) >= 11 is 0. The van der Waals surface area contributed by atoms with Crippen molar-refractivity contribution in [2.24, 2.45) is 11.8 Å². The van der Waals surface area contributed by atoms with Crippen LogP contribution in [0.25, 0.3) is 0 Å². The monoisotopic (exact) mass is 256 g/mol. The molecule has 0 aliphatic carbocycles. The molecule has 108 valence electrons. The lowest BCUT2D eigenvalue weighted by molar-refractivity contribution is 0.0731. The topological polar surface area (TPSA) is 24.5 Å². The van der Waals surface area contributed by atoms with Crippen molar-refractivity contribution in [3.8, 4) is 0 Å². The Hall–Kier alpha value is -0.120. The van der Waals surface area contributed by atoms with Gasteiger partial charge in [0.15, 0.2) is 0 Å². The molecule has 3 heteroatoms. The minimum atomic E-state index is 0.373. The van der Waals surface area contributed by atoms with E-state index in [-0.39, 0.29) is 0 Å². The van der Waals surface area contributed by atoms with Gasteiger partial charge >= 0.3 is 0 Å². The number of nitrogens with zero attached hydrogens (tertiary/aromatic N) is 1. The van der Waals surface area contributed by atoms with Gasteiger partial charge in [-0.2, -0.15) is 0 Å². The van der Waals surface area contributed by atoms with E-state index < -0.39 is 0 Å². The van der Waals surface area contributed by atoms with Gasteiger partial charge in [0.25, 0.3) is 0 Å². The summed E-state index contributed by atoms with van der Waals surface area (Å²) in [6.07, 6.45) is 2.83. The zero-order valence-electron chi connectivity index (χ0n) is 12.7. The van der Waals surface area contributed by atoms with Gasteiger partial charge in [0.1, 0.15) is 0 Å². The quantitative estimate of drug-likeness (QED) is 0.738. The molecular weight excluding hydrogens is 224 g/mol. The molecule has 0 saturated carbocycles. The Labute approximate surface area is 113 Å². The lowest BCUT2D eigenvalue weighted by Crippen LogP contribution is -2.42. The van der Waals surface area contributed by atoms with Crippen molar-refractivity contribution in [3.63, 3.8) is 0 Å². The smallest absolute Gasteiger partial charge is 0.0518 e. The second-order valence-corrected chi connectivity index (χ2v) is 6.25. The molecule has 0 aromatic carbocycles. The summed E-state index contributed by atoms with van der Waals surface area (Å²) in [6.45, 7) is 15.9. The molecular formula is C15H32N2O. The van der Waals surface area contributed by atoms with Crippen LogP contribution in [-0.4, -0.2) is 50.3 Å². The number of ether oxygens (including phenoxy) is 1. The summed E-state index contributed by atoms with van der Waals surface area (Å²) in [6, 6.07) is 0. The van der Waals surface area contributed by atoms with Gasteiger partial charge in [-0.05, 0) is 58.2 Å². The predicted octanol–water partition coefficient (Wildman–Crippen LogP) is 2.37. The van der Waals surface area contributed by atoms with E-state index in [0.717, 1.165) is 31.5 Å². The molecule has 0 amide bonds. The molecule has 1 aliphatic heterocycles. The third-order valence-corrected chi connectivity index (χ3v) is 3.45. The van der Waals surface area contributed by atoms with Crippen LogP contribution >= 0.6 is 0 Å². The molecule has 0 bridgehead atoms. The van der Waals surface area contributed by atoms with Gasteiger partial charge in [-0.15, -0.1) is 0 Å². The zero-order valence-corrected chi connectivity index (χ0v) is 12.7. The van der Waals surface area contributed by atoms with Crippen molar-refractivity contribution in [2.45, 2.75) is 46.6 Å². The van der Waals surface area contributed by atoms with Crippen LogP contribution in [-0.2, 0) is 4.74 Å². The van der Waals surface area contributed by atoms with E-state index in [9.17, 15) is 0 Å². The molecule has 0 spiro atoms. The zero-order chi connectivity index (χ0) is 13.4. The fourth-order valence-electron chi connectivity index (χ4n) is 2.60. The molecule has 18 heavy (non-hydrogen) atoms. The first kappa shape index (κ1) is 15.9. The Balaban J connectivity index is 2.16. The Morgan fingerprint density at radius 2 is 1.72 bits per heavy atom. The number of nitrogens with one attached hydrogen (secondary N) is 1. The average molecular weight is 256 g/mol. The highest BCUT2D eigenvalue weighted by molar-refractivity contribution is 4.72. The van der Waals surface area contributed by atoms with Crippen molar-refractivity contribution >= 4 is 0 Å². The Kier molecular flexibility index (Phi) is 7.87. The Morgan fingerprint density at radius 3 is 2.28 bits per heavy atom. The second-order valence-electron chi connectivity index (χ2n) is 6.25. The average Bonchev–Trinajstić information content (AvgIpc) is 2.25. The van der Waals surface area contributed by atoms with Crippen molar-refractivity contribution in [1.29, 1.82) is 0 Å². The molecule has 2 atom stereocenters. The van der Waals surface area contributed by atoms with Crippen LogP contribution in [0.3, 0.4) is 0 Å². The molecule has 0 radical (unpaired) electrons. The van der Waals surface area contributed by atoms with Gasteiger partial charge in [-0.25, -0.2) is 0 Å². The van der Waals surface area contributed by atoms with Crippen LogP contribution in [0.4, 0.5) is 0 Å². The van der Waals surface area contributed by atoms with Crippen molar-refractivity contribution in [1.82, 2.24) is 10.2 Å². The van der Waals surface area contributed by atoms with E-state index in [4.69, 9.17) is 4.74 Å². The lowest BCUT2D eigenvalue weighted by Gasteiger charge is -2.31. The summed E-state index contributed by atoms with van der Waals surface area (Å²) in [4.78, 5) is 2.64. The van der Waals surface area contributed by atoms with Crippen LogP contribution in [0.2, 0.25) is 0 Å². The summed E-state index contributed by atoms with van der Waals surface area (Å²) < 4.78 is 5.59. The van der Waals surface area contributed by atoms with Crippen LogP contribution in [0.5, 0.6) is 0 Å². The van der Waals surface area contributed by atoms with Crippen LogP contribution < -0.4 is 5.32 Å². The Bertz CT molecular complexity index is 197. The SMILES string of the molecule is CC1CNCC(C)CN(CCCCOC(C)C)C1. The lowest BCUT2D eigenvalue weighted by atomic mass is 10.1. The summed E-state index contributed by atoms with van der Waals surface area (Å²) in [5.41, 5.74) is 0. The molecule has 1 aliphatic rings. The van der Waals surface area contributed by atoms with E-state index in [2.05, 4.69) is 37.9 Å². The van der Waals surface area contributed by atoms with Crippen molar-refractivity contribution in [2.75, 3.05) is 39.3 Å². The highest BCUT2D eigenvalue weighted by atomic mass is 16.5. The highest BCUT2D eigenvalue weighted by Gasteiger charge is 2.16. The van der Waals surface area contributed by atoms with E-state index in [0.29, 0.717) is 6.10 Å². The fourth-order valence-corrected chi connectivity index (χ4v) is 2.60. The van der Waals surface area contributed by atoms with Gasteiger partial charge in [-0.3, -0.25) is 0 Å². The maximum Gasteiger partial charge on any atom is 0.0518 e. The fraction of sp³-hybridized carbons (Fsp3) is 1.00. The maximum absolute atomic E-state index is 5.59. The summed E-state index contributed by atoms with van der Waals surface area (Å²) in [5, 5.41) is 3.55. The number of hydrogen-bond donors (Lipinski definition) is 1. The minimum absolute atomic E-state index is 0.373. The van der Waals surface area contributed by atoms with Crippen LogP contribution in [0, 0.1) is 11.8 Å². The summed E-state index contributed by atoms with van der Waals surface area (Å²) in [5.74, 6) is 1.54. The predicted molar refractivity (Wildman–Crippen MR) is 78.0 cm³/mol. The van der Waals surface area contributed by atoms with Crippen LogP contribution in [0.1, 0.15) is 40.5 Å². The van der Waals surface area contributed by atoms with Gasteiger partial charge < -0.3 is 15.0 Å². The first-order chi connectivity index (χ1) is 8.58. The number of rotatable bonds is 6. The summed E-state index contributed by atoms with van der Waals surface area (Å²) in [7, 11) is 0. The minimum Gasteiger partial charge on any atom is -0.379 e. The van der Waals surface area contributed by atoms with E-state index in [1.54, 1.807) is 0 Å². The van der Waals surface area contributed by atoms with Gasteiger partial charge in [0.05, 0.1) is 6.10 Å². The molecule has 2 unspecified atom stereocenters. The van der Waals surface area contributed by atoms with E-state index in [1.165, 1.54) is 32.5 Å². The number of hydrogen-bond acceptors (Lipinski definition) is 3. The van der Waals surface area contributed by atoms with Gasteiger partial charge in [0, 0.05) is 19.7 Å². The largest absolute Gasteiger partial charge is 0.379 e. The normalized spacial score (nSPS) is 27.2. The molecule has 3 nitrogen and oxygen atoms in total. The highest BCUT2D eigenvalue weighted by Crippen LogP contribution is 2.09. The molecule has 0 aromatic rings. The van der Waals surface area contributed by atoms with Gasteiger partial charge in [-0.1, -0.05) is 13.8 Å². The van der Waals surface area contributed by atoms with E-state index >= 15 is 0 Å². The molecule has 1 heterocycles. The third kappa shape index (κ3) is 7.34. The number of unbranched alkanes of at least 4 members (excludes halogenated alkanes) is 1. The van der Waals surface area contributed by atoms with Crippen LogP contribution in [0.15, 0.2) is 0 Å². The van der Waals surface area contributed by atoms with E-state index in [1.807, 2.05) is 0 Å². The molecule has 1 fully saturated rings. The third-order valence-electron chi connectivity index (χ3n) is 3.45. The molecule has 1 N–H and O–H groups in total. The molecule has 1 saturated heterocycles.